The molecular weight excluding hydrogens is 232 g/mol. The van der Waals surface area contributed by atoms with Crippen LogP contribution in [0.2, 0.25) is 0 Å². The molecule has 0 aliphatic heterocycles. The van der Waals surface area contributed by atoms with Crippen molar-refractivity contribution in [2.45, 2.75) is 33.1 Å². The van der Waals surface area contributed by atoms with Crippen LogP contribution < -0.4 is 0 Å². The molecule has 0 spiro atoms. The van der Waals surface area contributed by atoms with Crippen LogP contribution in [0.3, 0.4) is 0 Å². The van der Waals surface area contributed by atoms with Gasteiger partial charge in [-0.1, -0.05) is 50.2 Å². The van der Waals surface area contributed by atoms with Gasteiger partial charge in [0.2, 0.25) is 0 Å². The van der Waals surface area contributed by atoms with Gasteiger partial charge < -0.3 is 0 Å². The molecule has 0 unspecified atom stereocenters. The Hall–Kier alpha value is -1.89. The van der Waals surface area contributed by atoms with Gasteiger partial charge in [0.1, 0.15) is 0 Å². The lowest BCUT2D eigenvalue weighted by Gasteiger charge is -2.22. The van der Waals surface area contributed by atoms with Gasteiger partial charge in [-0.15, -0.1) is 0 Å². The van der Waals surface area contributed by atoms with Crippen molar-refractivity contribution in [3.8, 4) is 0 Å². The van der Waals surface area contributed by atoms with Gasteiger partial charge in [0.15, 0.2) is 5.78 Å². The molecule has 2 aromatic carbocycles. The second-order valence-electron chi connectivity index (χ2n) is 5.11. The number of rotatable bonds is 2. The topological polar surface area (TPSA) is 17.1 Å². The van der Waals surface area contributed by atoms with E-state index in [1.165, 1.54) is 22.3 Å². The van der Waals surface area contributed by atoms with Crippen LogP contribution in [0.15, 0.2) is 36.4 Å². The molecule has 0 atom stereocenters. The van der Waals surface area contributed by atoms with E-state index in [0.29, 0.717) is 0 Å². The maximum absolute atomic E-state index is 12.8. The molecule has 0 bridgehead atoms. The number of carbonyl (C=O) groups is 1. The summed E-state index contributed by atoms with van der Waals surface area (Å²) in [7, 11) is 0. The van der Waals surface area contributed by atoms with Crippen molar-refractivity contribution in [3.05, 3.63) is 69.8 Å². The van der Waals surface area contributed by atoms with E-state index < -0.39 is 0 Å². The van der Waals surface area contributed by atoms with Gasteiger partial charge >= 0.3 is 0 Å². The minimum absolute atomic E-state index is 0.212. The van der Waals surface area contributed by atoms with E-state index in [9.17, 15) is 4.79 Å². The molecule has 0 aromatic heterocycles. The molecular formula is C18H18O. The standard InChI is InChI=1S/C18H18O/c1-3-12-7-6-10-15-16(12)11-14-9-5-8-13(4-2)17(14)18(15)19/h5-10H,3-4,11H2,1-2H3. The van der Waals surface area contributed by atoms with E-state index in [1.807, 2.05) is 12.1 Å². The smallest absolute Gasteiger partial charge is 0.193 e. The second-order valence-corrected chi connectivity index (χ2v) is 5.11. The highest BCUT2D eigenvalue weighted by molar-refractivity contribution is 6.13. The summed E-state index contributed by atoms with van der Waals surface area (Å²) in [5.41, 5.74) is 6.76. The average molecular weight is 250 g/mol. The third-order valence-corrected chi connectivity index (χ3v) is 4.11. The summed E-state index contributed by atoms with van der Waals surface area (Å²) in [4.78, 5) is 12.8. The van der Waals surface area contributed by atoms with Gasteiger partial charge in [-0.2, -0.15) is 0 Å². The summed E-state index contributed by atoms with van der Waals surface area (Å²) in [6, 6.07) is 12.4. The van der Waals surface area contributed by atoms with Crippen LogP contribution in [0.5, 0.6) is 0 Å². The first kappa shape index (κ1) is 12.2. The van der Waals surface area contributed by atoms with Crippen LogP contribution in [0.4, 0.5) is 0 Å². The SMILES string of the molecule is CCc1cccc2c1Cc1cccc(CC)c1C2=O. The zero-order chi connectivity index (χ0) is 13.4. The number of carbonyl (C=O) groups excluding carboxylic acids is 1. The molecule has 2 aromatic rings. The molecule has 0 saturated heterocycles. The quantitative estimate of drug-likeness (QED) is 0.673. The van der Waals surface area contributed by atoms with Gasteiger partial charge in [-0.25, -0.2) is 0 Å². The molecule has 96 valence electrons. The lowest BCUT2D eigenvalue weighted by atomic mass is 9.80. The van der Waals surface area contributed by atoms with Crippen molar-refractivity contribution in [2.24, 2.45) is 0 Å². The molecule has 1 nitrogen and oxygen atoms in total. The molecule has 0 amide bonds. The zero-order valence-electron chi connectivity index (χ0n) is 11.5. The first-order valence-corrected chi connectivity index (χ1v) is 7.02. The third-order valence-electron chi connectivity index (χ3n) is 4.11. The van der Waals surface area contributed by atoms with Crippen molar-refractivity contribution in [2.75, 3.05) is 0 Å². The summed E-state index contributed by atoms with van der Waals surface area (Å²) in [6.45, 7) is 4.26. The number of hydrogen-bond acceptors (Lipinski definition) is 1. The molecule has 1 aliphatic carbocycles. The lowest BCUT2D eigenvalue weighted by molar-refractivity contribution is 0.103. The predicted molar refractivity (Wildman–Crippen MR) is 77.9 cm³/mol. The average Bonchev–Trinajstić information content (AvgIpc) is 2.46. The molecule has 1 heteroatoms. The van der Waals surface area contributed by atoms with Crippen molar-refractivity contribution in [3.63, 3.8) is 0 Å². The fraction of sp³-hybridized carbons (Fsp3) is 0.278. The molecule has 19 heavy (non-hydrogen) atoms. The Morgan fingerprint density at radius 1 is 0.947 bits per heavy atom. The Bertz CT molecular complexity index is 653. The van der Waals surface area contributed by atoms with E-state index in [1.54, 1.807) is 0 Å². The molecule has 0 fully saturated rings. The van der Waals surface area contributed by atoms with Crippen molar-refractivity contribution >= 4 is 5.78 Å². The van der Waals surface area contributed by atoms with Crippen molar-refractivity contribution in [1.82, 2.24) is 0 Å². The fourth-order valence-corrected chi connectivity index (χ4v) is 3.10. The summed E-state index contributed by atoms with van der Waals surface area (Å²) >= 11 is 0. The van der Waals surface area contributed by atoms with E-state index in [4.69, 9.17) is 0 Å². The monoisotopic (exact) mass is 250 g/mol. The van der Waals surface area contributed by atoms with Crippen LogP contribution >= 0.6 is 0 Å². The Kier molecular flexibility index (Phi) is 2.98. The third kappa shape index (κ3) is 1.81. The van der Waals surface area contributed by atoms with Gasteiger partial charge in [-0.05, 0) is 41.5 Å². The van der Waals surface area contributed by atoms with E-state index in [0.717, 1.165) is 30.4 Å². The van der Waals surface area contributed by atoms with E-state index >= 15 is 0 Å². The highest BCUT2D eigenvalue weighted by Crippen LogP contribution is 2.31. The normalized spacial score (nSPS) is 13.1. The fourth-order valence-electron chi connectivity index (χ4n) is 3.10. The Morgan fingerprint density at radius 3 is 2.37 bits per heavy atom. The minimum atomic E-state index is 0.212. The minimum Gasteiger partial charge on any atom is -0.289 e. The van der Waals surface area contributed by atoms with Crippen LogP contribution in [0.1, 0.15) is 52.0 Å². The number of aryl methyl sites for hydroxylation is 2. The van der Waals surface area contributed by atoms with Crippen LogP contribution in [0.25, 0.3) is 0 Å². The van der Waals surface area contributed by atoms with Gasteiger partial charge in [0.05, 0.1) is 0 Å². The van der Waals surface area contributed by atoms with Crippen LogP contribution in [-0.4, -0.2) is 5.78 Å². The molecule has 0 N–H and O–H groups in total. The Morgan fingerprint density at radius 2 is 1.63 bits per heavy atom. The van der Waals surface area contributed by atoms with Crippen molar-refractivity contribution in [1.29, 1.82) is 0 Å². The lowest BCUT2D eigenvalue weighted by Crippen LogP contribution is -2.18. The van der Waals surface area contributed by atoms with Crippen LogP contribution in [-0.2, 0) is 19.3 Å². The number of fused-ring (bicyclic) bond motifs is 2. The summed E-state index contributed by atoms with van der Waals surface area (Å²) in [6.07, 6.45) is 2.80. The van der Waals surface area contributed by atoms with E-state index in [-0.39, 0.29) is 5.78 Å². The highest BCUT2D eigenvalue weighted by atomic mass is 16.1. The van der Waals surface area contributed by atoms with Gasteiger partial charge in [-0.3, -0.25) is 4.79 Å². The van der Waals surface area contributed by atoms with Crippen LogP contribution in [0, 0.1) is 0 Å². The predicted octanol–water partition coefficient (Wildman–Crippen LogP) is 3.95. The summed E-state index contributed by atoms with van der Waals surface area (Å²) < 4.78 is 0. The van der Waals surface area contributed by atoms with E-state index in [2.05, 4.69) is 38.1 Å². The molecule has 0 radical (unpaired) electrons. The molecule has 3 rings (SSSR count). The first-order chi connectivity index (χ1) is 9.26. The molecule has 0 heterocycles. The van der Waals surface area contributed by atoms with Crippen molar-refractivity contribution < 1.29 is 4.79 Å². The zero-order valence-corrected chi connectivity index (χ0v) is 11.5. The molecule has 1 aliphatic rings. The Balaban J connectivity index is 2.23. The molecule has 0 saturated carbocycles. The highest BCUT2D eigenvalue weighted by Gasteiger charge is 2.26. The summed E-state index contributed by atoms with van der Waals surface area (Å²) in [5.74, 6) is 0.212. The van der Waals surface area contributed by atoms with Gasteiger partial charge in [0, 0.05) is 11.1 Å². The second kappa shape index (κ2) is 4.65. The van der Waals surface area contributed by atoms with Gasteiger partial charge in [0.25, 0.3) is 0 Å². The summed E-state index contributed by atoms with van der Waals surface area (Å²) in [5, 5.41) is 0. The maximum atomic E-state index is 12.8. The first-order valence-electron chi connectivity index (χ1n) is 7.02. The number of ketones is 1. The maximum Gasteiger partial charge on any atom is 0.193 e. The number of hydrogen-bond donors (Lipinski definition) is 0. The largest absolute Gasteiger partial charge is 0.289 e. The Labute approximate surface area is 114 Å². The number of benzene rings is 2.